The first-order chi connectivity index (χ1) is 15.3. The van der Waals surface area contributed by atoms with Gasteiger partial charge < -0.3 is 5.11 Å². The van der Waals surface area contributed by atoms with Crippen molar-refractivity contribution in [2.45, 2.75) is 18.1 Å². The summed E-state index contributed by atoms with van der Waals surface area (Å²) in [6, 6.07) is 5.45. The highest BCUT2D eigenvalue weighted by atomic mass is 19.3. The van der Waals surface area contributed by atoms with Crippen LogP contribution in [0.2, 0.25) is 0 Å². The minimum atomic E-state index is -3.54. The molecule has 0 fully saturated rings. The van der Waals surface area contributed by atoms with Crippen molar-refractivity contribution in [3.05, 3.63) is 90.0 Å². The van der Waals surface area contributed by atoms with Crippen LogP contribution in [-0.2, 0) is 5.60 Å². The van der Waals surface area contributed by atoms with E-state index in [1.807, 2.05) is 0 Å². The quantitative estimate of drug-likeness (QED) is 0.360. The molecule has 0 aliphatic rings. The van der Waals surface area contributed by atoms with Crippen LogP contribution in [-0.4, -0.2) is 41.7 Å². The SMILES string of the molecule is OC(c1ccc(F)cc1F)(C(F)F)C(c1ccc(-c2ccc(F)nc2)cn1)n1cnnn1. The first kappa shape index (κ1) is 21.4. The number of pyridine rings is 2. The van der Waals surface area contributed by atoms with E-state index < -0.39 is 41.2 Å². The number of hydrogen-bond acceptors (Lipinski definition) is 6. The number of aromatic nitrogens is 6. The van der Waals surface area contributed by atoms with Crippen molar-refractivity contribution in [2.24, 2.45) is 0 Å². The lowest BCUT2D eigenvalue weighted by Crippen LogP contribution is -2.45. The van der Waals surface area contributed by atoms with Crippen molar-refractivity contribution in [3.8, 4) is 11.1 Å². The van der Waals surface area contributed by atoms with Crippen molar-refractivity contribution in [1.29, 1.82) is 0 Å². The predicted octanol–water partition coefficient (Wildman–Crippen LogP) is 3.29. The Hall–Kier alpha value is -3.80. The highest BCUT2D eigenvalue weighted by Gasteiger charge is 2.51. The maximum absolute atomic E-state index is 14.5. The summed E-state index contributed by atoms with van der Waals surface area (Å²) in [6.45, 7) is 0. The molecule has 0 radical (unpaired) electrons. The van der Waals surface area contributed by atoms with Crippen LogP contribution in [0.15, 0.2) is 61.2 Å². The van der Waals surface area contributed by atoms with E-state index in [9.17, 15) is 27.1 Å². The van der Waals surface area contributed by atoms with E-state index in [2.05, 4.69) is 25.5 Å². The molecule has 1 N–H and O–H groups in total. The first-order valence-electron chi connectivity index (χ1n) is 9.07. The maximum atomic E-state index is 14.5. The number of nitrogens with zero attached hydrogens (tertiary/aromatic N) is 6. The molecule has 2 atom stereocenters. The van der Waals surface area contributed by atoms with E-state index in [-0.39, 0.29) is 5.69 Å². The molecule has 0 spiro atoms. The number of aliphatic hydroxyl groups is 1. The number of halogens is 5. The second kappa shape index (κ2) is 8.38. The maximum Gasteiger partial charge on any atom is 0.273 e. The minimum Gasteiger partial charge on any atom is -0.377 e. The zero-order chi connectivity index (χ0) is 22.9. The zero-order valence-corrected chi connectivity index (χ0v) is 15.9. The number of tetrazole rings is 1. The average molecular weight is 448 g/mol. The van der Waals surface area contributed by atoms with Gasteiger partial charge in [0.2, 0.25) is 5.95 Å². The second-order valence-corrected chi connectivity index (χ2v) is 6.78. The van der Waals surface area contributed by atoms with Crippen molar-refractivity contribution in [2.75, 3.05) is 0 Å². The Balaban J connectivity index is 1.84. The van der Waals surface area contributed by atoms with Gasteiger partial charge in [-0.25, -0.2) is 27.2 Å². The van der Waals surface area contributed by atoms with E-state index in [1.54, 1.807) is 0 Å². The number of alkyl halides is 2. The molecule has 0 aliphatic heterocycles. The van der Waals surface area contributed by atoms with Crippen LogP contribution in [0.3, 0.4) is 0 Å². The summed E-state index contributed by atoms with van der Waals surface area (Å²) in [6.07, 6.45) is -0.0405. The van der Waals surface area contributed by atoms with E-state index in [0.29, 0.717) is 17.2 Å². The molecule has 1 aromatic carbocycles. The third kappa shape index (κ3) is 3.80. The van der Waals surface area contributed by atoms with E-state index >= 15 is 0 Å². The number of rotatable bonds is 6. The van der Waals surface area contributed by atoms with E-state index in [1.165, 1.54) is 30.6 Å². The molecule has 12 heteroatoms. The predicted molar refractivity (Wildman–Crippen MR) is 99.6 cm³/mol. The van der Waals surface area contributed by atoms with Gasteiger partial charge in [-0.1, -0.05) is 6.07 Å². The third-order valence-electron chi connectivity index (χ3n) is 4.87. The standard InChI is InChI=1S/C20H13F5N6O/c21-13-3-4-14(15(22)7-13)20(32,19(24)25)18(31-10-28-29-30-31)16-5-1-11(8-26-16)12-2-6-17(23)27-9-12/h1-10,18-19,32H. The summed E-state index contributed by atoms with van der Waals surface area (Å²) in [5, 5.41) is 21.5. The van der Waals surface area contributed by atoms with Crippen LogP contribution >= 0.6 is 0 Å². The first-order valence-corrected chi connectivity index (χ1v) is 9.07. The Morgan fingerprint density at radius 1 is 0.906 bits per heavy atom. The van der Waals surface area contributed by atoms with Crippen molar-refractivity contribution < 1.29 is 27.1 Å². The van der Waals surface area contributed by atoms with Crippen molar-refractivity contribution >= 4 is 0 Å². The second-order valence-electron chi connectivity index (χ2n) is 6.78. The smallest absolute Gasteiger partial charge is 0.273 e. The van der Waals surface area contributed by atoms with Gasteiger partial charge in [-0.2, -0.15) is 4.39 Å². The summed E-state index contributed by atoms with van der Waals surface area (Å²) < 4.78 is 70.3. The summed E-state index contributed by atoms with van der Waals surface area (Å²) in [5.74, 6) is -3.06. The molecule has 3 heterocycles. The summed E-state index contributed by atoms with van der Waals surface area (Å²) in [5.41, 5.74) is -3.23. The topological polar surface area (TPSA) is 89.6 Å². The van der Waals surface area contributed by atoms with Crippen LogP contribution < -0.4 is 0 Å². The molecule has 0 saturated carbocycles. The highest BCUT2D eigenvalue weighted by Crippen LogP contribution is 2.43. The number of hydrogen-bond donors (Lipinski definition) is 1. The van der Waals surface area contributed by atoms with Gasteiger partial charge in [0.1, 0.15) is 24.0 Å². The Morgan fingerprint density at radius 3 is 2.16 bits per heavy atom. The molecule has 0 saturated heterocycles. The lowest BCUT2D eigenvalue weighted by molar-refractivity contribution is -0.131. The van der Waals surface area contributed by atoms with Crippen LogP contribution in [0.1, 0.15) is 17.3 Å². The van der Waals surface area contributed by atoms with Crippen LogP contribution in [0.25, 0.3) is 11.1 Å². The Kier molecular flexibility index (Phi) is 5.61. The zero-order valence-electron chi connectivity index (χ0n) is 15.9. The monoisotopic (exact) mass is 448 g/mol. The molecule has 3 aromatic heterocycles. The van der Waals surface area contributed by atoms with Gasteiger partial charge in [-0.05, 0) is 40.8 Å². The molecule has 164 valence electrons. The van der Waals surface area contributed by atoms with Gasteiger partial charge in [0.05, 0.1) is 5.69 Å². The Bertz CT molecular complexity index is 1200. The Labute approximate surface area is 177 Å². The molecule has 0 aliphatic carbocycles. The molecule has 4 aromatic rings. The average Bonchev–Trinajstić information content (AvgIpc) is 3.29. The van der Waals surface area contributed by atoms with Crippen LogP contribution in [0.5, 0.6) is 0 Å². The molecule has 2 unspecified atom stereocenters. The highest BCUT2D eigenvalue weighted by molar-refractivity contribution is 5.61. The van der Waals surface area contributed by atoms with Gasteiger partial charge in [0.25, 0.3) is 6.43 Å². The van der Waals surface area contributed by atoms with Gasteiger partial charge in [0.15, 0.2) is 5.60 Å². The van der Waals surface area contributed by atoms with Gasteiger partial charge >= 0.3 is 0 Å². The van der Waals surface area contributed by atoms with Gasteiger partial charge in [-0.15, -0.1) is 5.10 Å². The summed E-state index contributed by atoms with van der Waals surface area (Å²) in [4.78, 5) is 7.66. The fraction of sp³-hybridized carbons (Fsp3) is 0.150. The molecular weight excluding hydrogens is 435 g/mol. The third-order valence-corrected chi connectivity index (χ3v) is 4.87. The lowest BCUT2D eigenvalue weighted by atomic mass is 9.84. The van der Waals surface area contributed by atoms with Crippen LogP contribution in [0, 0.1) is 17.6 Å². The van der Waals surface area contributed by atoms with Crippen molar-refractivity contribution in [1.82, 2.24) is 30.2 Å². The fourth-order valence-electron chi connectivity index (χ4n) is 3.33. The largest absolute Gasteiger partial charge is 0.377 e. The molecule has 4 rings (SSSR count). The molecule has 0 bridgehead atoms. The Morgan fingerprint density at radius 2 is 1.62 bits per heavy atom. The normalized spacial score (nSPS) is 14.3. The van der Waals surface area contributed by atoms with Gasteiger partial charge in [-0.3, -0.25) is 4.98 Å². The summed E-state index contributed by atoms with van der Waals surface area (Å²) >= 11 is 0. The fourth-order valence-corrected chi connectivity index (χ4v) is 3.33. The molecule has 0 amide bonds. The molecule has 7 nitrogen and oxygen atoms in total. The lowest BCUT2D eigenvalue weighted by Gasteiger charge is -2.35. The molecule has 32 heavy (non-hydrogen) atoms. The van der Waals surface area contributed by atoms with E-state index in [4.69, 9.17) is 0 Å². The van der Waals surface area contributed by atoms with Gasteiger partial charge in [0, 0.05) is 35.2 Å². The summed E-state index contributed by atoms with van der Waals surface area (Å²) in [7, 11) is 0. The van der Waals surface area contributed by atoms with Crippen molar-refractivity contribution in [3.63, 3.8) is 0 Å². The number of benzene rings is 1. The molecular formula is C20H13F5N6O. The van der Waals surface area contributed by atoms with E-state index in [0.717, 1.165) is 29.2 Å². The van der Waals surface area contributed by atoms with Crippen LogP contribution in [0.4, 0.5) is 22.0 Å². The minimum absolute atomic E-state index is 0.136.